The number of sulfonamides is 1. The summed E-state index contributed by atoms with van der Waals surface area (Å²) in [6, 6.07) is 13.7. The number of nitrogens with one attached hydrogen (secondary N) is 1. The third kappa shape index (κ3) is 4.65. The van der Waals surface area contributed by atoms with Crippen LogP contribution in [0.15, 0.2) is 53.4 Å². The van der Waals surface area contributed by atoms with E-state index in [1.54, 1.807) is 60.5 Å². The van der Waals surface area contributed by atoms with Crippen LogP contribution in [-0.4, -0.2) is 47.2 Å². The van der Waals surface area contributed by atoms with Gasteiger partial charge in [0.2, 0.25) is 10.0 Å². The minimum atomic E-state index is -3.63. The number of anilines is 1. The molecule has 0 saturated carbocycles. The number of methoxy groups -OCH3 is 1. The van der Waals surface area contributed by atoms with E-state index in [1.807, 2.05) is 6.92 Å². The zero-order valence-corrected chi connectivity index (χ0v) is 16.0. The maximum Gasteiger partial charge on any atom is 0.253 e. The van der Waals surface area contributed by atoms with Crippen LogP contribution in [0.4, 0.5) is 5.69 Å². The van der Waals surface area contributed by atoms with Crippen LogP contribution >= 0.6 is 0 Å². The van der Waals surface area contributed by atoms with Gasteiger partial charge in [-0.15, -0.1) is 0 Å². The molecule has 1 saturated heterocycles. The highest BCUT2D eigenvalue weighted by molar-refractivity contribution is 7.89. The Hall–Kier alpha value is -2.42. The zero-order valence-electron chi connectivity index (χ0n) is 15.2. The van der Waals surface area contributed by atoms with Crippen LogP contribution in [0, 0.1) is 6.92 Å². The second kappa shape index (κ2) is 8.08. The van der Waals surface area contributed by atoms with Gasteiger partial charge in [-0.1, -0.05) is 17.7 Å². The molecular weight excluding hydrogens is 368 g/mol. The van der Waals surface area contributed by atoms with E-state index >= 15 is 0 Å². The van der Waals surface area contributed by atoms with Crippen molar-refractivity contribution in [3.05, 3.63) is 54.1 Å². The fourth-order valence-electron chi connectivity index (χ4n) is 2.76. The summed E-state index contributed by atoms with van der Waals surface area (Å²) in [6.45, 7) is 2.14. The highest BCUT2D eigenvalue weighted by Crippen LogP contribution is 2.22. The molecule has 0 spiro atoms. The second-order valence-corrected chi connectivity index (χ2v) is 8.07. The van der Waals surface area contributed by atoms with Crippen LogP contribution in [0.25, 0.3) is 0 Å². The summed E-state index contributed by atoms with van der Waals surface area (Å²) in [5, 5.41) is 0. The van der Waals surface area contributed by atoms with E-state index in [-0.39, 0.29) is 30.5 Å². The minimum Gasteiger partial charge on any atom is -0.497 e. The normalized spacial score (nSPS) is 17.8. The Labute approximate surface area is 158 Å². The Morgan fingerprint density at radius 3 is 2.44 bits per heavy atom. The number of morpholine rings is 1. The van der Waals surface area contributed by atoms with Gasteiger partial charge in [0.1, 0.15) is 12.4 Å². The summed E-state index contributed by atoms with van der Waals surface area (Å²) in [5.41, 5.74) is 1.70. The quantitative estimate of drug-likeness (QED) is 0.812. The van der Waals surface area contributed by atoms with Gasteiger partial charge in [0.15, 0.2) is 0 Å². The highest BCUT2D eigenvalue weighted by atomic mass is 32.2. The van der Waals surface area contributed by atoms with Crippen LogP contribution in [0.1, 0.15) is 5.56 Å². The fraction of sp³-hybridized carbons (Fsp3) is 0.316. The molecule has 0 aliphatic carbocycles. The van der Waals surface area contributed by atoms with E-state index < -0.39 is 16.1 Å². The first-order valence-electron chi connectivity index (χ1n) is 8.51. The number of nitrogens with zero attached hydrogens (tertiary/aromatic N) is 1. The fourth-order valence-corrected chi connectivity index (χ4v) is 3.83. The van der Waals surface area contributed by atoms with Crippen LogP contribution in [0.2, 0.25) is 0 Å². The summed E-state index contributed by atoms with van der Waals surface area (Å²) in [5.74, 6) is 0.527. The molecule has 0 aromatic heterocycles. The molecule has 1 aliphatic heterocycles. The van der Waals surface area contributed by atoms with E-state index in [2.05, 4.69) is 4.72 Å². The molecule has 0 radical (unpaired) electrons. The summed E-state index contributed by atoms with van der Waals surface area (Å²) >= 11 is 0. The number of ether oxygens (including phenoxy) is 2. The van der Waals surface area contributed by atoms with E-state index in [9.17, 15) is 13.2 Å². The predicted octanol–water partition coefficient (Wildman–Crippen LogP) is 1.71. The summed E-state index contributed by atoms with van der Waals surface area (Å²) in [4.78, 5) is 14.0. The Kier molecular flexibility index (Phi) is 5.79. The van der Waals surface area contributed by atoms with Crippen molar-refractivity contribution in [1.29, 1.82) is 0 Å². The van der Waals surface area contributed by atoms with Crippen molar-refractivity contribution in [2.24, 2.45) is 0 Å². The van der Waals surface area contributed by atoms with Gasteiger partial charge in [-0.2, -0.15) is 0 Å². The standard InChI is InChI=1S/C19H22N2O5S/c1-14-3-9-18(10-4-14)27(23,24)20-11-17-12-21(19(22)13-26-17)15-5-7-16(25-2)8-6-15/h3-10,17,20H,11-13H2,1-2H3. The molecule has 2 aromatic carbocycles. The summed E-state index contributed by atoms with van der Waals surface area (Å²) in [7, 11) is -2.06. The molecular formula is C19H22N2O5S. The first-order chi connectivity index (χ1) is 12.9. The van der Waals surface area contributed by atoms with Gasteiger partial charge in [-0.3, -0.25) is 4.79 Å². The van der Waals surface area contributed by atoms with Crippen molar-refractivity contribution in [2.45, 2.75) is 17.9 Å². The number of hydrogen-bond acceptors (Lipinski definition) is 5. The Morgan fingerprint density at radius 2 is 1.81 bits per heavy atom. The summed E-state index contributed by atoms with van der Waals surface area (Å²) in [6.07, 6.45) is -0.440. The van der Waals surface area contributed by atoms with Crippen molar-refractivity contribution >= 4 is 21.6 Å². The Balaban J connectivity index is 1.65. The molecule has 27 heavy (non-hydrogen) atoms. The third-order valence-corrected chi connectivity index (χ3v) is 5.79. The predicted molar refractivity (Wildman–Crippen MR) is 101 cm³/mol. The molecule has 1 aliphatic rings. The van der Waals surface area contributed by atoms with Gasteiger partial charge in [0, 0.05) is 12.2 Å². The van der Waals surface area contributed by atoms with E-state index in [0.717, 1.165) is 11.3 Å². The molecule has 1 unspecified atom stereocenters. The molecule has 1 atom stereocenters. The first-order valence-corrected chi connectivity index (χ1v) is 10.00. The van der Waals surface area contributed by atoms with Crippen LogP contribution in [0.3, 0.4) is 0 Å². The smallest absolute Gasteiger partial charge is 0.253 e. The van der Waals surface area contributed by atoms with Crippen molar-refractivity contribution < 1.29 is 22.7 Å². The molecule has 144 valence electrons. The lowest BCUT2D eigenvalue weighted by Gasteiger charge is -2.32. The topological polar surface area (TPSA) is 84.9 Å². The molecule has 2 aromatic rings. The van der Waals surface area contributed by atoms with Gasteiger partial charge in [-0.05, 0) is 43.3 Å². The lowest BCUT2D eigenvalue weighted by atomic mass is 10.2. The van der Waals surface area contributed by atoms with E-state index in [1.165, 1.54) is 0 Å². The first kappa shape index (κ1) is 19.3. The highest BCUT2D eigenvalue weighted by Gasteiger charge is 2.28. The van der Waals surface area contributed by atoms with Crippen molar-refractivity contribution in [1.82, 2.24) is 4.72 Å². The molecule has 0 bridgehead atoms. The lowest BCUT2D eigenvalue weighted by Crippen LogP contribution is -2.50. The third-order valence-electron chi connectivity index (χ3n) is 4.35. The number of carbonyl (C=O) groups is 1. The SMILES string of the molecule is COc1ccc(N2CC(CNS(=O)(=O)c3ccc(C)cc3)OCC2=O)cc1. The van der Waals surface area contributed by atoms with Crippen molar-refractivity contribution in [2.75, 3.05) is 31.7 Å². The molecule has 1 heterocycles. The number of rotatable bonds is 6. The lowest BCUT2D eigenvalue weighted by molar-refractivity contribution is -0.129. The molecule has 7 nitrogen and oxygen atoms in total. The van der Waals surface area contributed by atoms with Crippen molar-refractivity contribution in [3.8, 4) is 5.75 Å². The van der Waals surface area contributed by atoms with Gasteiger partial charge >= 0.3 is 0 Å². The van der Waals surface area contributed by atoms with Gasteiger partial charge in [0.05, 0.1) is 24.7 Å². The second-order valence-electron chi connectivity index (χ2n) is 6.30. The summed E-state index contributed by atoms with van der Waals surface area (Å²) < 4.78 is 38.0. The van der Waals surface area contributed by atoms with Gasteiger partial charge in [0.25, 0.3) is 5.91 Å². The number of amides is 1. The Bertz CT molecular complexity index is 895. The maximum absolute atomic E-state index is 12.4. The van der Waals surface area contributed by atoms with Crippen LogP contribution in [0.5, 0.6) is 5.75 Å². The molecule has 1 fully saturated rings. The van der Waals surface area contributed by atoms with Gasteiger partial charge in [-0.25, -0.2) is 13.1 Å². The monoisotopic (exact) mass is 390 g/mol. The van der Waals surface area contributed by atoms with Crippen molar-refractivity contribution in [3.63, 3.8) is 0 Å². The Morgan fingerprint density at radius 1 is 1.15 bits per heavy atom. The number of carbonyl (C=O) groups excluding carboxylic acids is 1. The number of aryl methyl sites for hydroxylation is 1. The average Bonchev–Trinajstić information content (AvgIpc) is 2.68. The molecule has 1 amide bonds. The molecule has 3 rings (SSSR count). The molecule has 1 N–H and O–H groups in total. The van der Waals surface area contributed by atoms with Gasteiger partial charge < -0.3 is 14.4 Å². The number of hydrogen-bond donors (Lipinski definition) is 1. The van der Waals surface area contributed by atoms with Crippen LogP contribution < -0.4 is 14.4 Å². The minimum absolute atomic E-state index is 0.0795. The van der Waals surface area contributed by atoms with E-state index in [0.29, 0.717) is 5.75 Å². The average molecular weight is 390 g/mol. The zero-order chi connectivity index (χ0) is 19.4. The number of benzene rings is 2. The van der Waals surface area contributed by atoms with Crippen LogP contribution in [-0.2, 0) is 19.6 Å². The molecule has 8 heteroatoms. The maximum atomic E-state index is 12.4. The largest absolute Gasteiger partial charge is 0.497 e. The van der Waals surface area contributed by atoms with E-state index in [4.69, 9.17) is 9.47 Å².